The van der Waals surface area contributed by atoms with Gasteiger partial charge in [-0.2, -0.15) is 18.3 Å². The first kappa shape index (κ1) is 24.9. The number of nitrogens with one attached hydrogen (secondary N) is 1. The van der Waals surface area contributed by atoms with Crippen LogP contribution in [0.1, 0.15) is 16.7 Å². The van der Waals surface area contributed by atoms with Crippen LogP contribution in [0.2, 0.25) is 0 Å². The van der Waals surface area contributed by atoms with Gasteiger partial charge in [-0.15, -0.1) is 0 Å². The normalized spacial score (nSPS) is 12.0. The van der Waals surface area contributed by atoms with Gasteiger partial charge >= 0.3 is 6.18 Å². The van der Waals surface area contributed by atoms with Crippen molar-refractivity contribution in [3.63, 3.8) is 0 Å². The molecule has 0 fully saturated rings. The molecule has 0 aliphatic carbocycles. The lowest BCUT2D eigenvalue weighted by molar-refractivity contribution is -0.137. The van der Waals surface area contributed by atoms with Gasteiger partial charge in [0.15, 0.2) is 0 Å². The Hall–Kier alpha value is -3.73. The molecule has 178 valence electrons. The van der Waals surface area contributed by atoms with Crippen LogP contribution in [-0.2, 0) is 21.0 Å². The highest BCUT2D eigenvalue weighted by Gasteiger charge is 2.33. The lowest BCUT2D eigenvalue weighted by Crippen LogP contribution is -2.39. The van der Waals surface area contributed by atoms with Gasteiger partial charge in [-0.1, -0.05) is 35.9 Å². The standard InChI is InChI=1S/C23H19F4N3O3S/c1-16-5-11-21(12-6-16)34(32,33)30(20-4-2-3-18(13-20)23(25,26)27)15-22(31)29-28-14-17-7-9-19(24)10-8-17/h2-14H,15H2,1H3,(H,29,31)/b28-14-. The minimum Gasteiger partial charge on any atom is -0.271 e. The average molecular weight is 493 g/mol. The summed E-state index contributed by atoms with van der Waals surface area (Å²) in [7, 11) is -4.40. The molecule has 0 aliphatic heterocycles. The van der Waals surface area contributed by atoms with Crippen LogP contribution in [0.5, 0.6) is 0 Å². The van der Waals surface area contributed by atoms with Gasteiger partial charge in [0.2, 0.25) is 0 Å². The number of hydrogen-bond donors (Lipinski definition) is 1. The van der Waals surface area contributed by atoms with Crippen LogP contribution in [0.15, 0.2) is 82.8 Å². The van der Waals surface area contributed by atoms with Crippen molar-refractivity contribution < 1.29 is 30.8 Å². The van der Waals surface area contributed by atoms with Gasteiger partial charge in [0.1, 0.15) is 12.4 Å². The molecule has 0 radical (unpaired) electrons. The summed E-state index contributed by atoms with van der Waals surface area (Å²) in [6.07, 6.45) is -3.50. The van der Waals surface area contributed by atoms with Gasteiger partial charge in [-0.05, 0) is 55.0 Å². The van der Waals surface area contributed by atoms with Crippen molar-refractivity contribution in [1.29, 1.82) is 0 Å². The fraction of sp³-hybridized carbons (Fsp3) is 0.130. The molecule has 0 saturated heterocycles. The van der Waals surface area contributed by atoms with E-state index in [0.29, 0.717) is 15.9 Å². The summed E-state index contributed by atoms with van der Waals surface area (Å²) < 4.78 is 79.7. The molecule has 0 aromatic heterocycles. The fourth-order valence-electron chi connectivity index (χ4n) is 2.88. The van der Waals surface area contributed by atoms with Gasteiger partial charge in [0, 0.05) is 0 Å². The maximum Gasteiger partial charge on any atom is 0.416 e. The Morgan fingerprint density at radius 3 is 2.29 bits per heavy atom. The number of rotatable bonds is 7. The van der Waals surface area contributed by atoms with E-state index in [4.69, 9.17) is 0 Å². The van der Waals surface area contributed by atoms with E-state index in [1.165, 1.54) is 54.7 Å². The van der Waals surface area contributed by atoms with Crippen molar-refractivity contribution in [2.75, 3.05) is 10.8 Å². The van der Waals surface area contributed by atoms with Crippen molar-refractivity contribution in [3.8, 4) is 0 Å². The summed E-state index contributed by atoms with van der Waals surface area (Å²) in [6, 6.07) is 14.5. The number of aryl methyl sites for hydroxylation is 1. The third kappa shape index (κ3) is 6.19. The van der Waals surface area contributed by atoms with Crippen molar-refractivity contribution >= 4 is 27.8 Å². The summed E-state index contributed by atoms with van der Waals surface area (Å²) in [4.78, 5) is 12.3. The number of halogens is 4. The zero-order chi connectivity index (χ0) is 24.9. The summed E-state index contributed by atoms with van der Waals surface area (Å²) in [6.45, 7) is 0.909. The fourth-order valence-corrected chi connectivity index (χ4v) is 4.30. The molecular formula is C23H19F4N3O3S. The van der Waals surface area contributed by atoms with Crippen LogP contribution in [-0.4, -0.2) is 27.1 Å². The number of nitrogens with zero attached hydrogens (tertiary/aromatic N) is 2. The first-order valence-electron chi connectivity index (χ1n) is 9.81. The van der Waals surface area contributed by atoms with E-state index in [-0.39, 0.29) is 10.6 Å². The molecule has 1 N–H and O–H groups in total. The van der Waals surface area contributed by atoms with Gasteiger partial charge in [-0.25, -0.2) is 18.2 Å². The monoisotopic (exact) mass is 493 g/mol. The highest BCUT2D eigenvalue weighted by Crippen LogP contribution is 2.33. The van der Waals surface area contributed by atoms with Crippen molar-refractivity contribution in [2.24, 2.45) is 5.10 Å². The van der Waals surface area contributed by atoms with Crippen LogP contribution in [0.25, 0.3) is 0 Å². The van der Waals surface area contributed by atoms with Crippen molar-refractivity contribution in [2.45, 2.75) is 18.0 Å². The molecule has 0 unspecified atom stereocenters. The molecule has 1 amide bonds. The zero-order valence-corrected chi connectivity index (χ0v) is 18.6. The number of carbonyl (C=O) groups excluding carboxylic acids is 1. The summed E-state index contributed by atoms with van der Waals surface area (Å²) >= 11 is 0. The van der Waals surface area contributed by atoms with Crippen LogP contribution in [0.4, 0.5) is 23.2 Å². The predicted octanol–water partition coefficient (Wildman–Crippen LogP) is 4.50. The molecule has 0 heterocycles. The van der Waals surface area contributed by atoms with Crippen molar-refractivity contribution in [3.05, 3.63) is 95.3 Å². The van der Waals surface area contributed by atoms with Gasteiger partial charge in [0.25, 0.3) is 15.9 Å². The van der Waals surface area contributed by atoms with Crippen LogP contribution in [0, 0.1) is 12.7 Å². The molecule has 3 rings (SSSR count). The van der Waals surface area contributed by atoms with E-state index in [1.54, 1.807) is 6.92 Å². The number of anilines is 1. The molecule has 3 aromatic carbocycles. The SMILES string of the molecule is Cc1ccc(S(=O)(=O)N(CC(=O)N/N=C\c2ccc(F)cc2)c2cccc(C(F)(F)F)c2)cc1. The Bertz CT molecular complexity index is 1290. The average Bonchev–Trinajstić information content (AvgIpc) is 2.78. The molecule has 3 aromatic rings. The second-order valence-corrected chi connectivity index (χ2v) is 9.08. The Balaban J connectivity index is 1.91. The van der Waals surface area contributed by atoms with Crippen LogP contribution >= 0.6 is 0 Å². The number of alkyl halides is 3. The van der Waals surface area contributed by atoms with Gasteiger partial charge in [-0.3, -0.25) is 9.10 Å². The highest BCUT2D eigenvalue weighted by atomic mass is 32.2. The second kappa shape index (κ2) is 10.0. The molecule has 11 heteroatoms. The third-order valence-electron chi connectivity index (χ3n) is 4.63. The molecule has 0 aliphatic rings. The maximum absolute atomic E-state index is 13.3. The lowest BCUT2D eigenvalue weighted by Gasteiger charge is -2.24. The van der Waals surface area contributed by atoms with Gasteiger partial charge in [0.05, 0.1) is 22.4 Å². The molecule has 0 saturated carbocycles. The molecule has 0 spiro atoms. The highest BCUT2D eigenvalue weighted by molar-refractivity contribution is 7.92. The third-order valence-corrected chi connectivity index (χ3v) is 6.42. The van der Waals surface area contributed by atoms with Crippen LogP contribution < -0.4 is 9.73 Å². The molecule has 0 atom stereocenters. The number of amides is 1. The van der Waals surface area contributed by atoms with E-state index < -0.39 is 40.0 Å². The zero-order valence-electron chi connectivity index (χ0n) is 17.8. The molecule has 6 nitrogen and oxygen atoms in total. The predicted molar refractivity (Wildman–Crippen MR) is 119 cm³/mol. The topological polar surface area (TPSA) is 78.8 Å². The maximum atomic E-state index is 13.3. The summed E-state index contributed by atoms with van der Waals surface area (Å²) in [5.41, 5.74) is 1.96. The summed E-state index contributed by atoms with van der Waals surface area (Å²) in [5.74, 6) is -1.36. The Labute approximate surface area is 193 Å². The lowest BCUT2D eigenvalue weighted by atomic mass is 10.2. The first-order chi connectivity index (χ1) is 16.0. The quantitative estimate of drug-likeness (QED) is 0.299. The second-order valence-electron chi connectivity index (χ2n) is 7.22. The van der Waals surface area contributed by atoms with Crippen molar-refractivity contribution in [1.82, 2.24) is 5.43 Å². The van der Waals surface area contributed by atoms with E-state index in [0.717, 1.165) is 23.8 Å². The molecular weight excluding hydrogens is 474 g/mol. The van der Waals surface area contributed by atoms with E-state index in [2.05, 4.69) is 10.5 Å². The number of benzene rings is 3. The number of hydrogen-bond acceptors (Lipinski definition) is 4. The summed E-state index contributed by atoms with van der Waals surface area (Å²) in [5, 5.41) is 3.69. The smallest absolute Gasteiger partial charge is 0.271 e. The Kier molecular flexibility index (Phi) is 7.35. The minimum atomic E-state index is -4.71. The van der Waals surface area contributed by atoms with Crippen LogP contribution in [0.3, 0.4) is 0 Å². The van der Waals surface area contributed by atoms with Gasteiger partial charge < -0.3 is 0 Å². The first-order valence-corrected chi connectivity index (χ1v) is 11.2. The minimum absolute atomic E-state index is 0.196. The van der Waals surface area contributed by atoms with E-state index in [1.807, 2.05) is 0 Å². The Morgan fingerprint density at radius 1 is 1.03 bits per heavy atom. The number of hydrazone groups is 1. The molecule has 0 bridgehead atoms. The Morgan fingerprint density at radius 2 is 1.68 bits per heavy atom. The largest absolute Gasteiger partial charge is 0.416 e. The van der Waals surface area contributed by atoms with E-state index >= 15 is 0 Å². The molecule has 34 heavy (non-hydrogen) atoms. The number of carbonyl (C=O) groups is 1. The van der Waals surface area contributed by atoms with E-state index in [9.17, 15) is 30.8 Å². The number of sulfonamides is 1.